The maximum atomic E-state index is 13.6. The highest BCUT2D eigenvalue weighted by atomic mass is 35.5. The first kappa shape index (κ1) is 13.4. The molecule has 1 N–H and O–H groups in total. The van der Waals surface area contributed by atoms with E-state index in [1.54, 1.807) is 12.1 Å². The number of methoxy groups -OCH3 is 1. The Morgan fingerprint density at radius 3 is 3.05 bits per heavy atom. The molecule has 1 heterocycles. The summed E-state index contributed by atoms with van der Waals surface area (Å²) < 4.78 is 23.3. The lowest BCUT2D eigenvalue weighted by molar-refractivity contribution is 0.0600. The molecule has 0 atom stereocenters. The molecule has 0 aliphatic heterocycles. The molecular weight excluding hydrogens is 273 g/mol. The molecule has 0 aliphatic carbocycles. The van der Waals surface area contributed by atoms with Crippen LogP contribution in [-0.4, -0.2) is 13.1 Å². The third-order valence-electron chi connectivity index (χ3n) is 2.48. The van der Waals surface area contributed by atoms with Gasteiger partial charge >= 0.3 is 5.97 Å². The van der Waals surface area contributed by atoms with Gasteiger partial charge in [-0.1, -0.05) is 17.7 Å². The summed E-state index contributed by atoms with van der Waals surface area (Å²) in [5.74, 6) is -0.521. The van der Waals surface area contributed by atoms with Gasteiger partial charge in [0.1, 0.15) is 12.0 Å². The molecule has 2 rings (SSSR count). The zero-order valence-corrected chi connectivity index (χ0v) is 10.8. The molecule has 0 bridgehead atoms. The number of esters is 1. The van der Waals surface area contributed by atoms with Crippen molar-refractivity contribution in [3.05, 3.63) is 52.7 Å². The predicted molar refractivity (Wildman–Crippen MR) is 68.8 cm³/mol. The fraction of sp³-hybridized carbons (Fsp3) is 0.154. The molecule has 0 amide bonds. The number of hydrogen-bond donors (Lipinski definition) is 1. The van der Waals surface area contributed by atoms with E-state index in [0.717, 1.165) is 0 Å². The van der Waals surface area contributed by atoms with Crippen LogP contribution in [0.4, 0.5) is 10.1 Å². The summed E-state index contributed by atoms with van der Waals surface area (Å²) >= 11 is 5.66. The molecule has 0 saturated heterocycles. The molecule has 4 nitrogen and oxygen atoms in total. The van der Waals surface area contributed by atoms with E-state index in [1.165, 1.54) is 25.5 Å². The van der Waals surface area contributed by atoms with Crippen LogP contribution in [0.15, 0.2) is 34.9 Å². The average Bonchev–Trinajstić information content (AvgIpc) is 2.88. The van der Waals surface area contributed by atoms with E-state index < -0.39 is 11.8 Å². The normalized spacial score (nSPS) is 10.3. The molecule has 19 heavy (non-hydrogen) atoms. The van der Waals surface area contributed by atoms with Gasteiger partial charge in [0.05, 0.1) is 29.9 Å². The lowest BCUT2D eigenvalue weighted by Gasteiger charge is -2.06. The van der Waals surface area contributed by atoms with Crippen LogP contribution in [0.5, 0.6) is 0 Å². The van der Waals surface area contributed by atoms with Crippen molar-refractivity contribution in [2.24, 2.45) is 0 Å². The fourth-order valence-electron chi connectivity index (χ4n) is 1.52. The fourth-order valence-corrected chi connectivity index (χ4v) is 1.70. The average molecular weight is 284 g/mol. The third kappa shape index (κ3) is 3.06. The summed E-state index contributed by atoms with van der Waals surface area (Å²) in [6, 6.07) is 6.19. The van der Waals surface area contributed by atoms with Crippen LogP contribution in [-0.2, 0) is 11.3 Å². The summed E-state index contributed by atoms with van der Waals surface area (Å²) in [7, 11) is 1.29. The second-order valence-electron chi connectivity index (χ2n) is 3.75. The van der Waals surface area contributed by atoms with Crippen LogP contribution >= 0.6 is 11.6 Å². The van der Waals surface area contributed by atoms with Gasteiger partial charge < -0.3 is 14.5 Å². The SMILES string of the molecule is COC(=O)c1coc(CNc2cccc(Cl)c2F)c1. The smallest absolute Gasteiger partial charge is 0.341 e. The lowest BCUT2D eigenvalue weighted by atomic mass is 10.3. The van der Waals surface area contributed by atoms with Gasteiger partial charge in [0.15, 0.2) is 5.82 Å². The van der Waals surface area contributed by atoms with E-state index in [9.17, 15) is 9.18 Å². The standard InChI is InChI=1S/C13H11ClFNO3/c1-18-13(17)8-5-9(19-7-8)6-16-11-4-2-3-10(14)12(11)15/h2-5,7,16H,6H2,1H3. The van der Waals surface area contributed by atoms with Crippen LogP contribution < -0.4 is 5.32 Å². The topological polar surface area (TPSA) is 51.5 Å². The zero-order valence-electron chi connectivity index (χ0n) is 10.1. The molecular formula is C13H11ClFNO3. The molecule has 0 aliphatic rings. The second kappa shape index (κ2) is 5.75. The van der Waals surface area contributed by atoms with Gasteiger partial charge in [-0.3, -0.25) is 0 Å². The molecule has 0 fully saturated rings. The first-order chi connectivity index (χ1) is 9.11. The number of carbonyl (C=O) groups excluding carboxylic acids is 1. The van der Waals surface area contributed by atoms with Crippen LogP contribution in [0.2, 0.25) is 5.02 Å². The van der Waals surface area contributed by atoms with E-state index in [-0.39, 0.29) is 17.3 Å². The Bertz CT molecular complexity index is 597. The van der Waals surface area contributed by atoms with Crippen LogP contribution in [0.1, 0.15) is 16.1 Å². The molecule has 1 aromatic heterocycles. The van der Waals surface area contributed by atoms with E-state index in [0.29, 0.717) is 11.3 Å². The van der Waals surface area contributed by atoms with Gasteiger partial charge in [-0.2, -0.15) is 0 Å². The van der Waals surface area contributed by atoms with Crippen molar-refractivity contribution in [3.8, 4) is 0 Å². The van der Waals surface area contributed by atoms with Gasteiger partial charge in [-0.15, -0.1) is 0 Å². The Balaban J connectivity index is 2.04. The van der Waals surface area contributed by atoms with Gasteiger partial charge in [-0.25, -0.2) is 9.18 Å². The number of nitrogens with one attached hydrogen (secondary N) is 1. The van der Waals surface area contributed by atoms with E-state index >= 15 is 0 Å². The number of furan rings is 1. The van der Waals surface area contributed by atoms with E-state index in [1.807, 2.05) is 0 Å². The highest BCUT2D eigenvalue weighted by molar-refractivity contribution is 6.31. The molecule has 6 heteroatoms. The first-order valence-corrected chi connectivity index (χ1v) is 5.83. The number of hydrogen-bond acceptors (Lipinski definition) is 4. The number of benzene rings is 1. The highest BCUT2D eigenvalue weighted by Crippen LogP contribution is 2.22. The minimum atomic E-state index is -0.524. The molecule has 100 valence electrons. The number of halogens is 2. The maximum absolute atomic E-state index is 13.6. The number of carbonyl (C=O) groups is 1. The zero-order chi connectivity index (χ0) is 13.8. The van der Waals surface area contributed by atoms with Crippen molar-refractivity contribution in [2.45, 2.75) is 6.54 Å². The Labute approximate surface area is 114 Å². The summed E-state index contributed by atoms with van der Waals surface area (Å²) in [4.78, 5) is 11.2. The lowest BCUT2D eigenvalue weighted by Crippen LogP contribution is -2.01. The van der Waals surface area contributed by atoms with Gasteiger partial charge in [0.2, 0.25) is 0 Å². The van der Waals surface area contributed by atoms with Gasteiger partial charge in [-0.05, 0) is 18.2 Å². The molecule has 0 unspecified atom stereocenters. The van der Waals surface area contributed by atoms with Crippen molar-refractivity contribution in [3.63, 3.8) is 0 Å². The Morgan fingerprint density at radius 2 is 2.32 bits per heavy atom. The molecule has 0 saturated carbocycles. The number of rotatable bonds is 4. The molecule has 2 aromatic rings. The molecule has 1 aromatic carbocycles. The van der Waals surface area contributed by atoms with Crippen molar-refractivity contribution >= 4 is 23.3 Å². The Hall–Kier alpha value is -2.01. The largest absolute Gasteiger partial charge is 0.467 e. The summed E-state index contributed by atoms with van der Waals surface area (Å²) in [5.41, 5.74) is 0.578. The van der Waals surface area contributed by atoms with Gasteiger partial charge in [0, 0.05) is 0 Å². The molecule has 0 radical (unpaired) electrons. The summed E-state index contributed by atoms with van der Waals surface area (Å²) in [6.45, 7) is 0.230. The van der Waals surface area contributed by atoms with Crippen molar-refractivity contribution in [2.75, 3.05) is 12.4 Å². The third-order valence-corrected chi connectivity index (χ3v) is 2.77. The quantitative estimate of drug-likeness (QED) is 0.873. The van der Waals surface area contributed by atoms with Crippen molar-refractivity contribution in [1.29, 1.82) is 0 Å². The van der Waals surface area contributed by atoms with Crippen molar-refractivity contribution in [1.82, 2.24) is 0 Å². The summed E-state index contributed by atoms with van der Waals surface area (Å²) in [6.07, 6.45) is 1.29. The Morgan fingerprint density at radius 1 is 1.53 bits per heavy atom. The van der Waals surface area contributed by atoms with E-state index in [2.05, 4.69) is 10.1 Å². The minimum absolute atomic E-state index is 0.0414. The van der Waals surface area contributed by atoms with Crippen molar-refractivity contribution < 1.29 is 18.3 Å². The van der Waals surface area contributed by atoms with Crippen LogP contribution in [0, 0.1) is 5.82 Å². The Kier molecular flexibility index (Phi) is 4.06. The first-order valence-electron chi connectivity index (χ1n) is 5.45. The van der Waals surface area contributed by atoms with E-state index in [4.69, 9.17) is 16.0 Å². The number of anilines is 1. The summed E-state index contributed by atoms with van der Waals surface area (Å²) in [5, 5.41) is 2.88. The highest BCUT2D eigenvalue weighted by Gasteiger charge is 2.11. The van der Waals surface area contributed by atoms with Gasteiger partial charge in [0.25, 0.3) is 0 Å². The number of ether oxygens (including phenoxy) is 1. The predicted octanol–water partition coefficient (Wildman–Crippen LogP) is 3.47. The monoisotopic (exact) mass is 283 g/mol. The maximum Gasteiger partial charge on any atom is 0.341 e. The molecule has 0 spiro atoms. The second-order valence-corrected chi connectivity index (χ2v) is 4.16. The van der Waals surface area contributed by atoms with Crippen LogP contribution in [0.3, 0.4) is 0 Å². The van der Waals surface area contributed by atoms with Crippen LogP contribution in [0.25, 0.3) is 0 Å². The minimum Gasteiger partial charge on any atom is -0.467 e.